The number of hydrogen-bond donors (Lipinski definition) is 5. The number of benzene rings is 4. The van der Waals surface area contributed by atoms with Crippen molar-refractivity contribution in [3.05, 3.63) is 125 Å². The van der Waals surface area contributed by atoms with Crippen LogP contribution in [0.4, 0.5) is 39.5 Å². The molecule has 0 heterocycles. The van der Waals surface area contributed by atoms with Crippen molar-refractivity contribution in [2.45, 2.75) is 70.6 Å². The number of carbonyl (C=O) groups is 3. The van der Waals surface area contributed by atoms with Gasteiger partial charge in [0.2, 0.25) is 0 Å². The van der Waals surface area contributed by atoms with Crippen molar-refractivity contribution in [3.63, 3.8) is 0 Å². The van der Waals surface area contributed by atoms with Crippen LogP contribution in [0.3, 0.4) is 0 Å². The molecule has 324 valence electrons. The minimum absolute atomic E-state index is 0. The summed E-state index contributed by atoms with van der Waals surface area (Å²) >= 11 is 0. The van der Waals surface area contributed by atoms with Crippen LogP contribution >= 0.6 is 0 Å². The minimum atomic E-state index is -4.76. The van der Waals surface area contributed by atoms with Crippen LogP contribution in [0.2, 0.25) is 0 Å². The second kappa shape index (κ2) is 23.4. The molecule has 4 aromatic carbocycles. The summed E-state index contributed by atoms with van der Waals surface area (Å²) in [5, 5.41) is 35.8. The summed E-state index contributed by atoms with van der Waals surface area (Å²) in [6, 6.07) is 22.3. The van der Waals surface area contributed by atoms with Crippen LogP contribution in [0.25, 0.3) is 0 Å². The van der Waals surface area contributed by atoms with E-state index in [1.54, 1.807) is 24.3 Å². The van der Waals surface area contributed by atoms with Crippen molar-refractivity contribution in [3.8, 4) is 17.2 Å². The minimum Gasteiger partial charge on any atom is -0.480 e. The van der Waals surface area contributed by atoms with Gasteiger partial charge in [0.25, 0.3) is 0 Å². The average molecular weight is 856 g/mol. The summed E-state index contributed by atoms with van der Waals surface area (Å²) in [5.74, 6) is -4.47. The summed E-state index contributed by atoms with van der Waals surface area (Å²) in [6.07, 6.45) is -17.4. The van der Waals surface area contributed by atoms with Crippen LogP contribution in [-0.2, 0) is 45.0 Å². The Labute approximate surface area is 330 Å². The van der Waals surface area contributed by atoms with Crippen molar-refractivity contribution in [1.29, 1.82) is 0 Å². The molecular formula is C38H38F9NO11. The number of esters is 1. The number of aliphatic carboxylic acids is 2. The van der Waals surface area contributed by atoms with Crippen LogP contribution in [-0.4, -0.2) is 75.7 Å². The number of ether oxygens (including phenoxy) is 4. The molecule has 3 atom stereocenters. The third-order valence-corrected chi connectivity index (χ3v) is 6.88. The predicted molar refractivity (Wildman–Crippen MR) is 189 cm³/mol. The Morgan fingerprint density at radius 1 is 0.508 bits per heavy atom. The van der Waals surface area contributed by atoms with E-state index in [9.17, 15) is 59.0 Å². The Hall–Kier alpha value is -6.06. The number of carboxylic acid groups (broad SMARTS) is 2. The van der Waals surface area contributed by atoms with E-state index in [4.69, 9.17) is 25.8 Å². The maximum Gasteiger partial charge on any atom is 0.573 e. The topological polar surface area (TPSA) is 195 Å². The Kier molecular flexibility index (Phi) is 20.2. The van der Waals surface area contributed by atoms with E-state index >= 15 is 0 Å². The number of hydrogen-bond acceptors (Lipinski definition) is 10. The molecule has 0 radical (unpaired) electrons. The number of nitrogens with two attached hydrogens (primary N) is 1. The summed E-state index contributed by atoms with van der Waals surface area (Å²) in [6.45, 7) is 0.0368. The SMILES string of the molecule is C.N[C@H](Cc1ccc(OC(F)(F)F)cc1)C(=O)O.O=C(O)[C@H](O)Cc1ccc(OC(F)(F)F)cc1.O=C(OCc1ccccc1)[C@H](O)Cc1ccc(OC(F)(F)F)cc1. The highest BCUT2D eigenvalue weighted by Gasteiger charge is 2.32. The Morgan fingerprint density at radius 2 is 0.847 bits per heavy atom. The summed E-state index contributed by atoms with van der Waals surface area (Å²) in [7, 11) is 0. The molecule has 21 heteroatoms. The maximum atomic E-state index is 12.1. The highest BCUT2D eigenvalue weighted by Crippen LogP contribution is 2.25. The van der Waals surface area contributed by atoms with E-state index < -0.39 is 61.0 Å². The highest BCUT2D eigenvalue weighted by molar-refractivity contribution is 5.75. The van der Waals surface area contributed by atoms with E-state index in [1.165, 1.54) is 36.4 Å². The van der Waals surface area contributed by atoms with Gasteiger partial charge in [0.15, 0.2) is 12.2 Å². The smallest absolute Gasteiger partial charge is 0.480 e. The first-order valence-electron chi connectivity index (χ1n) is 16.2. The molecule has 0 saturated heterocycles. The first kappa shape index (κ1) is 51.0. The van der Waals surface area contributed by atoms with E-state index in [1.807, 2.05) is 6.07 Å². The molecule has 6 N–H and O–H groups in total. The van der Waals surface area contributed by atoms with Gasteiger partial charge in [0.05, 0.1) is 0 Å². The second-order valence-corrected chi connectivity index (χ2v) is 11.6. The lowest BCUT2D eigenvalue weighted by Crippen LogP contribution is -2.32. The van der Waals surface area contributed by atoms with E-state index in [-0.39, 0.29) is 44.8 Å². The lowest BCUT2D eigenvalue weighted by atomic mass is 10.1. The summed E-state index contributed by atoms with van der Waals surface area (Å²) in [4.78, 5) is 32.5. The van der Waals surface area contributed by atoms with Gasteiger partial charge >= 0.3 is 37.0 Å². The number of aliphatic hydroxyl groups is 2. The molecule has 59 heavy (non-hydrogen) atoms. The molecule has 0 aliphatic heterocycles. The van der Waals surface area contributed by atoms with Crippen LogP contribution < -0.4 is 19.9 Å². The Morgan fingerprint density at radius 3 is 1.17 bits per heavy atom. The van der Waals surface area contributed by atoms with Crippen molar-refractivity contribution < 1.29 is 93.3 Å². The first-order valence-corrected chi connectivity index (χ1v) is 16.2. The van der Waals surface area contributed by atoms with Crippen molar-refractivity contribution in [2.24, 2.45) is 5.73 Å². The van der Waals surface area contributed by atoms with Crippen LogP contribution in [0.1, 0.15) is 29.7 Å². The zero-order chi connectivity index (χ0) is 43.7. The Balaban J connectivity index is 0.000000450. The number of halogens is 9. The Bertz CT molecular complexity index is 1780. The largest absolute Gasteiger partial charge is 0.573 e. The summed E-state index contributed by atoms with van der Waals surface area (Å²) in [5.41, 5.74) is 7.46. The van der Waals surface area contributed by atoms with E-state index in [2.05, 4.69) is 14.2 Å². The second-order valence-electron chi connectivity index (χ2n) is 11.6. The lowest BCUT2D eigenvalue weighted by Gasteiger charge is -2.12. The monoisotopic (exact) mass is 855 g/mol. The molecule has 0 amide bonds. The fourth-order valence-electron chi connectivity index (χ4n) is 4.26. The molecule has 0 aromatic heterocycles. The molecular weight excluding hydrogens is 817 g/mol. The molecule has 0 aliphatic carbocycles. The van der Waals surface area contributed by atoms with Crippen molar-refractivity contribution in [1.82, 2.24) is 0 Å². The van der Waals surface area contributed by atoms with Crippen LogP contribution in [0.15, 0.2) is 103 Å². The quantitative estimate of drug-likeness (QED) is 0.0646. The molecule has 12 nitrogen and oxygen atoms in total. The predicted octanol–water partition coefficient (Wildman–Crippen LogP) is 6.98. The number of carboxylic acids is 2. The molecule has 0 unspecified atom stereocenters. The van der Waals surface area contributed by atoms with E-state index in [0.29, 0.717) is 16.7 Å². The molecule has 0 aliphatic rings. The fourth-order valence-corrected chi connectivity index (χ4v) is 4.26. The molecule has 0 fully saturated rings. The van der Waals surface area contributed by atoms with Crippen LogP contribution in [0, 0.1) is 0 Å². The molecule has 4 rings (SSSR count). The van der Waals surface area contributed by atoms with Gasteiger partial charge in [0, 0.05) is 12.8 Å². The third-order valence-electron chi connectivity index (χ3n) is 6.88. The van der Waals surface area contributed by atoms with E-state index in [0.717, 1.165) is 42.0 Å². The molecule has 4 aromatic rings. The maximum absolute atomic E-state index is 12.1. The zero-order valence-corrected chi connectivity index (χ0v) is 29.5. The number of alkyl halides is 9. The fraction of sp³-hybridized carbons (Fsp3) is 0.289. The molecule has 0 saturated carbocycles. The lowest BCUT2D eigenvalue weighted by molar-refractivity contribution is -0.275. The molecule has 0 spiro atoms. The van der Waals surface area contributed by atoms with Gasteiger partial charge in [-0.2, -0.15) is 0 Å². The summed E-state index contributed by atoms with van der Waals surface area (Å²) < 4.78 is 123. The van der Waals surface area contributed by atoms with Gasteiger partial charge in [-0.25, -0.2) is 9.59 Å². The normalized spacial score (nSPS) is 12.7. The first-order chi connectivity index (χ1) is 26.9. The third kappa shape index (κ3) is 22.5. The van der Waals surface area contributed by atoms with Gasteiger partial charge < -0.3 is 45.1 Å². The number of aliphatic hydroxyl groups excluding tert-OH is 2. The average Bonchev–Trinajstić information content (AvgIpc) is 3.12. The van der Waals surface area contributed by atoms with Gasteiger partial charge in [-0.3, -0.25) is 4.79 Å². The number of rotatable bonds is 14. The standard InChI is InChI=1S/C17H15F3O4.C10H10F3NO3.C10H9F3O4.CH4/c18-17(19,20)24-14-8-6-12(7-9-14)10-15(21)16(22)23-11-13-4-2-1-3-5-13;2*11-10(12,13)17-7-3-1-6(2-4-7)5-8(14)9(15)16;/h1-9,15,21H,10-11H2;1-4,8H,5,14H2,(H,15,16);1-4,8,14H,5H2,(H,15,16);1H4/t15-;2*8-;/m111./s1. The van der Waals surface area contributed by atoms with Crippen LogP contribution in [0.5, 0.6) is 17.2 Å². The number of carbonyl (C=O) groups excluding carboxylic acids is 1. The van der Waals surface area contributed by atoms with Crippen molar-refractivity contribution in [2.75, 3.05) is 0 Å². The zero-order valence-electron chi connectivity index (χ0n) is 29.5. The molecule has 0 bridgehead atoms. The van der Waals surface area contributed by atoms with Crippen molar-refractivity contribution >= 4 is 17.9 Å². The highest BCUT2D eigenvalue weighted by atomic mass is 19.4. The van der Waals surface area contributed by atoms with Gasteiger partial charge in [-0.15, -0.1) is 39.5 Å². The van der Waals surface area contributed by atoms with Gasteiger partial charge in [-0.1, -0.05) is 74.2 Å². The van der Waals surface area contributed by atoms with Gasteiger partial charge in [-0.05, 0) is 65.1 Å². The van der Waals surface area contributed by atoms with Gasteiger partial charge in [0.1, 0.15) is 29.9 Å².